The van der Waals surface area contributed by atoms with Crippen LogP contribution in [0.5, 0.6) is 0 Å². The monoisotopic (exact) mass is 370 g/mol. The summed E-state index contributed by atoms with van der Waals surface area (Å²) in [6.07, 6.45) is 3.80. The summed E-state index contributed by atoms with van der Waals surface area (Å²) >= 11 is 0. The Morgan fingerprint density at radius 3 is 2.85 bits per heavy atom. The first-order valence-electron chi connectivity index (χ1n) is 8.98. The van der Waals surface area contributed by atoms with Gasteiger partial charge in [0.25, 0.3) is 0 Å². The van der Waals surface area contributed by atoms with Crippen LogP contribution >= 0.6 is 0 Å². The summed E-state index contributed by atoms with van der Waals surface area (Å²) < 4.78 is 1.76. The molecule has 0 radical (unpaired) electrons. The molecule has 3 rings (SSSR count). The largest absolute Gasteiger partial charge is 0.352 e. The van der Waals surface area contributed by atoms with Gasteiger partial charge >= 0.3 is 6.03 Å². The Morgan fingerprint density at radius 2 is 2.15 bits per heavy atom. The van der Waals surface area contributed by atoms with Gasteiger partial charge in [-0.15, -0.1) is 0 Å². The molecule has 1 fully saturated rings. The molecule has 0 aliphatic carbocycles. The van der Waals surface area contributed by atoms with E-state index in [1.807, 2.05) is 43.7 Å². The highest BCUT2D eigenvalue weighted by molar-refractivity contribution is 5.89. The molecule has 2 atom stereocenters. The molecule has 1 aliphatic heterocycles. The molecule has 3 N–H and O–H groups in total. The van der Waals surface area contributed by atoms with E-state index in [2.05, 4.69) is 21.0 Å². The zero-order chi connectivity index (χ0) is 19.4. The van der Waals surface area contributed by atoms with E-state index in [4.69, 9.17) is 0 Å². The molecule has 3 amide bonds. The van der Waals surface area contributed by atoms with Crippen LogP contribution in [0.2, 0.25) is 0 Å². The van der Waals surface area contributed by atoms with E-state index >= 15 is 0 Å². The molecule has 1 aliphatic rings. The lowest BCUT2D eigenvalue weighted by atomic mass is 9.90. The Morgan fingerprint density at radius 1 is 1.33 bits per heavy atom. The van der Waals surface area contributed by atoms with Crippen molar-refractivity contribution >= 4 is 17.6 Å². The fraction of sp³-hybridized carbons (Fsp3) is 0.421. The molecule has 8 nitrogen and oxygen atoms in total. The highest BCUT2D eigenvalue weighted by atomic mass is 16.2. The van der Waals surface area contributed by atoms with Crippen molar-refractivity contribution in [3.8, 4) is 0 Å². The number of nitrogens with one attached hydrogen (secondary N) is 3. The number of hydrogen-bond donors (Lipinski definition) is 3. The van der Waals surface area contributed by atoms with Crippen molar-refractivity contribution in [2.45, 2.75) is 12.5 Å². The van der Waals surface area contributed by atoms with Crippen molar-refractivity contribution in [1.82, 2.24) is 25.3 Å². The summed E-state index contributed by atoms with van der Waals surface area (Å²) in [7, 11) is 5.25. The number of urea groups is 1. The summed E-state index contributed by atoms with van der Waals surface area (Å²) in [5, 5.41) is 13.3. The number of carbonyl (C=O) groups is 2. The van der Waals surface area contributed by atoms with Crippen molar-refractivity contribution in [3.63, 3.8) is 0 Å². The van der Waals surface area contributed by atoms with Crippen molar-refractivity contribution in [2.24, 2.45) is 13.0 Å². The van der Waals surface area contributed by atoms with Gasteiger partial charge < -0.3 is 20.9 Å². The fourth-order valence-corrected chi connectivity index (χ4v) is 3.25. The molecule has 2 aromatic rings. The van der Waals surface area contributed by atoms with E-state index in [0.717, 1.165) is 17.7 Å². The molecule has 1 aromatic carbocycles. The van der Waals surface area contributed by atoms with Crippen molar-refractivity contribution in [3.05, 3.63) is 47.8 Å². The van der Waals surface area contributed by atoms with Gasteiger partial charge in [-0.2, -0.15) is 5.10 Å². The molecular weight excluding hydrogens is 344 g/mol. The van der Waals surface area contributed by atoms with E-state index in [1.165, 1.54) is 4.90 Å². The molecular formula is C19H26N6O2. The second-order valence-electron chi connectivity index (χ2n) is 7.06. The van der Waals surface area contributed by atoms with Crippen LogP contribution in [-0.4, -0.2) is 53.8 Å². The van der Waals surface area contributed by atoms with Crippen molar-refractivity contribution < 1.29 is 9.59 Å². The zero-order valence-electron chi connectivity index (χ0n) is 15.9. The normalized spacial score (nSPS) is 18.9. The minimum Gasteiger partial charge on any atom is -0.352 e. The van der Waals surface area contributed by atoms with Gasteiger partial charge in [-0.25, -0.2) is 4.79 Å². The molecule has 8 heteroatoms. The Bertz CT molecular complexity index is 816. The number of carbonyl (C=O) groups excluding carboxylic acids is 2. The smallest absolute Gasteiger partial charge is 0.321 e. The van der Waals surface area contributed by atoms with E-state index in [9.17, 15) is 9.59 Å². The lowest BCUT2D eigenvalue weighted by Gasteiger charge is -2.17. The molecule has 1 aromatic heterocycles. The lowest BCUT2D eigenvalue weighted by Crippen LogP contribution is -2.34. The third-order valence-corrected chi connectivity index (χ3v) is 4.76. The molecule has 1 saturated heterocycles. The third-order valence-electron chi connectivity index (χ3n) is 4.76. The zero-order valence-corrected chi connectivity index (χ0v) is 15.9. The number of rotatable bonds is 5. The van der Waals surface area contributed by atoms with Crippen LogP contribution in [0.1, 0.15) is 17.0 Å². The number of hydrogen-bond acceptors (Lipinski definition) is 4. The maximum absolute atomic E-state index is 12.7. The average Bonchev–Trinajstić information content (AvgIpc) is 3.28. The average molecular weight is 370 g/mol. The maximum atomic E-state index is 12.7. The summed E-state index contributed by atoms with van der Waals surface area (Å²) in [6.45, 7) is 1.85. The van der Waals surface area contributed by atoms with E-state index in [0.29, 0.717) is 18.8 Å². The topological polar surface area (TPSA) is 91.3 Å². The summed E-state index contributed by atoms with van der Waals surface area (Å²) in [4.78, 5) is 25.9. The molecule has 0 spiro atoms. The van der Waals surface area contributed by atoms with Gasteiger partial charge in [-0.05, 0) is 23.3 Å². The standard InChI is InChI=1S/C19H26N6O2/c1-24(2)19(27)23-15-6-4-5-13(7-15)8-21-18(26)17-11-20-10-16(17)14-9-22-25(3)12-14/h4-7,9,12,16-17,20H,8,10-11H2,1-3H3,(H,21,26)(H,23,27)/t16-,17+/m1/s1. The van der Waals surface area contributed by atoms with Crippen LogP contribution in [0.15, 0.2) is 36.7 Å². The number of nitrogens with zero attached hydrogens (tertiary/aromatic N) is 3. The van der Waals surface area contributed by atoms with Gasteiger partial charge in [0.1, 0.15) is 0 Å². The molecule has 0 unspecified atom stereocenters. The predicted octanol–water partition coefficient (Wildman–Crippen LogP) is 1.13. The van der Waals surface area contributed by atoms with Gasteiger partial charge in [-0.1, -0.05) is 12.1 Å². The van der Waals surface area contributed by atoms with Gasteiger partial charge in [0.2, 0.25) is 5.91 Å². The number of aryl methyl sites for hydroxylation is 1. The van der Waals surface area contributed by atoms with Gasteiger partial charge in [-0.3, -0.25) is 9.48 Å². The van der Waals surface area contributed by atoms with Gasteiger partial charge in [0.15, 0.2) is 0 Å². The number of aromatic nitrogens is 2. The minimum atomic E-state index is -0.187. The minimum absolute atomic E-state index is 0.0246. The number of amides is 3. The van der Waals surface area contributed by atoms with Crippen LogP contribution in [0.25, 0.3) is 0 Å². The highest BCUT2D eigenvalue weighted by Crippen LogP contribution is 2.28. The third kappa shape index (κ3) is 4.65. The predicted molar refractivity (Wildman–Crippen MR) is 103 cm³/mol. The quantitative estimate of drug-likeness (QED) is 0.736. The second kappa shape index (κ2) is 8.22. The molecule has 144 valence electrons. The first-order valence-corrected chi connectivity index (χ1v) is 8.98. The molecule has 0 bridgehead atoms. The first-order chi connectivity index (χ1) is 12.9. The van der Waals surface area contributed by atoms with E-state index in [1.54, 1.807) is 18.8 Å². The second-order valence-corrected chi connectivity index (χ2v) is 7.06. The van der Waals surface area contributed by atoms with E-state index in [-0.39, 0.29) is 23.8 Å². The first kappa shape index (κ1) is 18.9. The fourth-order valence-electron chi connectivity index (χ4n) is 3.25. The van der Waals surface area contributed by atoms with Gasteiger partial charge in [0, 0.05) is 58.6 Å². The van der Waals surface area contributed by atoms with Crippen molar-refractivity contribution in [2.75, 3.05) is 32.5 Å². The molecule has 0 saturated carbocycles. The Kier molecular flexibility index (Phi) is 5.75. The van der Waals surface area contributed by atoms with Crippen LogP contribution in [0.4, 0.5) is 10.5 Å². The molecule has 27 heavy (non-hydrogen) atoms. The Hall–Kier alpha value is -2.87. The summed E-state index contributed by atoms with van der Waals surface area (Å²) in [5.74, 6) is 0.0341. The summed E-state index contributed by atoms with van der Waals surface area (Å²) in [5.41, 5.74) is 2.72. The van der Waals surface area contributed by atoms with Crippen LogP contribution in [0.3, 0.4) is 0 Å². The number of anilines is 1. The molecule has 2 heterocycles. The lowest BCUT2D eigenvalue weighted by molar-refractivity contribution is -0.125. The number of benzene rings is 1. The Labute approximate surface area is 158 Å². The van der Waals surface area contributed by atoms with Crippen LogP contribution in [-0.2, 0) is 18.4 Å². The van der Waals surface area contributed by atoms with Crippen LogP contribution < -0.4 is 16.0 Å². The van der Waals surface area contributed by atoms with Crippen molar-refractivity contribution in [1.29, 1.82) is 0 Å². The SMILES string of the molecule is CN(C)C(=O)Nc1cccc(CNC(=O)[C@H]2CNC[C@@H]2c2cnn(C)c2)c1. The van der Waals surface area contributed by atoms with Crippen LogP contribution in [0, 0.1) is 5.92 Å². The summed E-state index contributed by atoms with van der Waals surface area (Å²) in [6, 6.07) is 7.30. The maximum Gasteiger partial charge on any atom is 0.321 e. The van der Waals surface area contributed by atoms with Gasteiger partial charge in [0.05, 0.1) is 12.1 Å². The highest BCUT2D eigenvalue weighted by Gasteiger charge is 2.34. The van der Waals surface area contributed by atoms with E-state index < -0.39 is 0 Å². The Balaban J connectivity index is 1.59.